The zero-order valence-corrected chi connectivity index (χ0v) is 36.3. The van der Waals surface area contributed by atoms with E-state index in [1.165, 1.54) is 25.5 Å². The van der Waals surface area contributed by atoms with Crippen LogP contribution in [0.5, 0.6) is 11.5 Å². The molecule has 0 bridgehead atoms. The fraction of sp³-hybridized carbons (Fsp3) is 0.556. The summed E-state index contributed by atoms with van der Waals surface area (Å²) in [4.78, 5) is 0. The summed E-state index contributed by atoms with van der Waals surface area (Å²) in [5.41, 5.74) is -40.0. The van der Waals surface area contributed by atoms with Gasteiger partial charge in [0.1, 0.15) is 11.5 Å². The second-order valence-corrected chi connectivity index (χ2v) is 25.9. The zero-order valence-electron chi connectivity index (χ0n) is 31.4. The van der Waals surface area contributed by atoms with E-state index in [0.29, 0.717) is 11.3 Å². The van der Waals surface area contributed by atoms with Crippen LogP contribution in [0.2, 0.25) is 0 Å². The van der Waals surface area contributed by atoms with Crippen molar-refractivity contribution in [3.8, 4) is 11.5 Å². The molecule has 0 saturated carbocycles. The van der Waals surface area contributed by atoms with Gasteiger partial charge in [0.25, 0.3) is 59.0 Å². The number of halogens is 18. The van der Waals surface area contributed by atoms with Gasteiger partial charge in [0, 0.05) is 12.8 Å². The van der Waals surface area contributed by atoms with Crippen molar-refractivity contribution in [1.82, 2.24) is 0 Å². The number of phenols is 2. The maximum absolute atomic E-state index is 12.7. The van der Waals surface area contributed by atoms with Gasteiger partial charge in [-0.1, -0.05) is 42.3 Å². The van der Waals surface area contributed by atoms with Crippen LogP contribution < -0.4 is 0 Å². The topological polar surface area (TPSA) is 245 Å². The van der Waals surface area contributed by atoms with Crippen molar-refractivity contribution in [2.24, 2.45) is 0 Å². The molecule has 380 valence electrons. The SMILES string of the molecule is CCc1cc(C)cc(CC(S(=O)(=O)C(F)(F)F)S(=O)(=O)C(F)(F)F)c1O.Cc1ccc(O)cc1.O=S(=O)(C(CC(S(=O)(=O)C(F)(F)F)S(=O)(=O)C(F)(F)F)S(=O)(=O)C(F)(F)F)C(F)(F)F. The summed E-state index contributed by atoms with van der Waals surface area (Å²) in [6, 6.07) is 9.40. The second-order valence-electron chi connectivity index (χ2n) is 12.3. The highest BCUT2D eigenvalue weighted by Gasteiger charge is 2.69. The van der Waals surface area contributed by atoms with E-state index in [1.54, 1.807) is 12.1 Å². The van der Waals surface area contributed by atoms with Crippen molar-refractivity contribution >= 4 is 59.0 Å². The molecule has 0 aliphatic heterocycles. The van der Waals surface area contributed by atoms with Gasteiger partial charge in [-0.25, -0.2) is 50.5 Å². The van der Waals surface area contributed by atoms with Crippen LogP contribution in [-0.2, 0) is 71.9 Å². The minimum absolute atomic E-state index is 0.118. The van der Waals surface area contributed by atoms with Crippen LogP contribution in [-0.4, -0.2) is 108 Å². The molecular weight excluding hydrogens is 1080 g/mol. The first-order valence-corrected chi connectivity index (χ1v) is 24.9. The lowest BCUT2D eigenvalue weighted by Gasteiger charge is -2.26. The van der Waals surface area contributed by atoms with Crippen LogP contribution in [0.3, 0.4) is 0 Å². The molecule has 0 atom stereocenters. The average molecular weight is 1110 g/mol. The van der Waals surface area contributed by atoms with Crippen LogP contribution in [0.15, 0.2) is 36.4 Å². The molecule has 0 saturated heterocycles. The number of aryl methyl sites for hydroxylation is 3. The van der Waals surface area contributed by atoms with E-state index in [0.717, 1.165) is 6.07 Å². The van der Waals surface area contributed by atoms with Crippen LogP contribution >= 0.6 is 0 Å². The minimum Gasteiger partial charge on any atom is -0.508 e. The van der Waals surface area contributed by atoms with Crippen molar-refractivity contribution < 1.29 is 140 Å². The largest absolute Gasteiger partial charge is 0.508 e. The summed E-state index contributed by atoms with van der Waals surface area (Å²) >= 11 is 0. The first kappa shape index (κ1) is 61.5. The number of hydrogen-bond acceptors (Lipinski definition) is 14. The third-order valence-corrected chi connectivity index (χ3v) is 21.3. The summed E-state index contributed by atoms with van der Waals surface area (Å²) in [5.74, 6) is -0.423. The predicted octanol–water partition coefficient (Wildman–Crippen LogP) is 6.47. The number of alkyl halides is 18. The van der Waals surface area contributed by atoms with E-state index < -0.39 is 130 Å². The van der Waals surface area contributed by atoms with E-state index in [-0.39, 0.29) is 12.0 Å². The van der Waals surface area contributed by atoms with E-state index in [9.17, 15) is 135 Å². The van der Waals surface area contributed by atoms with Gasteiger partial charge in [-0.2, -0.15) is 79.0 Å². The highest BCUT2D eigenvalue weighted by atomic mass is 32.3. The maximum Gasteiger partial charge on any atom is 0.498 e. The summed E-state index contributed by atoms with van der Waals surface area (Å²) in [6.07, 6.45) is -5.54. The van der Waals surface area contributed by atoms with Crippen molar-refractivity contribution in [2.45, 2.75) is 86.8 Å². The molecule has 0 radical (unpaired) electrons. The predicted molar refractivity (Wildman–Crippen MR) is 185 cm³/mol. The zero-order chi connectivity index (χ0) is 52.6. The number of sulfone groups is 6. The summed E-state index contributed by atoms with van der Waals surface area (Å²) in [6.45, 7) is 4.90. The molecule has 14 nitrogen and oxygen atoms in total. The highest BCUT2D eigenvalue weighted by Crippen LogP contribution is 2.44. The van der Waals surface area contributed by atoms with Gasteiger partial charge >= 0.3 is 33.0 Å². The Labute approximate surface area is 354 Å². The molecule has 0 fully saturated rings. The monoisotopic (exact) mass is 1110 g/mol. The van der Waals surface area contributed by atoms with Crippen molar-refractivity contribution in [3.63, 3.8) is 0 Å². The van der Waals surface area contributed by atoms with Crippen LogP contribution in [0, 0.1) is 13.8 Å². The molecule has 0 spiro atoms. The lowest BCUT2D eigenvalue weighted by molar-refractivity contribution is -0.0490. The van der Waals surface area contributed by atoms with Gasteiger partial charge < -0.3 is 10.2 Å². The van der Waals surface area contributed by atoms with Crippen LogP contribution in [0.25, 0.3) is 0 Å². The molecule has 0 aromatic heterocycles. The van der Waals surface area contributed by atoms with Crippen molar-refractivity contribution in [2.75, 3.05) is 0 Å². The Morgan fingerprint density at radius 2 is 0.662 bits per heavy atom. The fourth-order valence-electron chi connectivity index (χ4n) is 4.36. The smallest absolute Gasteiger partial charge is 0.498 e. The fourth-order valence-corrected chi connectivity index (χ4v) is 15.2. The van der Waals surface area contributed by atoms with E-state index in [2.05, 4.69) is 0 Å². The second kappa shape index (κ2) is 19.6. The Morgan fingerprint density at radius 3 is 0.892 bits per heavy atom. The number of hydrogen-bond donors (Lipinski definition) is 2. The third-order valence-electron chi connectivity index (χ3n) is 7.61. The standard InChI is InChI=1S/C13H14F6O5S2.C7H4F12O8S4.C7H8O/c1-3-8-4-7(2)5-9(11(8)20)6-10(25(21,22)12(14,15)16)26(23,24)13(17,18)19;8-4(9,10)28(20,21)2(29(22,23)5(11,12)13)1-3(30(24,25)6(14,15)16)31(26,27)7(17,18)19;1-6-2-4-7(8)5-3-6/h4-5,10,20H,3,6H2,1-2H3;2-3H,1H2;2-5,8H,1H3. The molecule has 0 aliphatic rings. The molecule has 0 aliphatic carbocycles. The molecule has 0 heterocycles. The molecular formula is C27H26F18O14S6. The van der Waals surface area contributed by atoms with Gasteiger partial charge in [-0.3, -0.25) is 0 Å². The van der Waals surface area contributed by atoms with Gasteiger partial charge in [0.05, 0.1) is 0 Å². The number of benzene rings is 2. The molecule has 2 rings (SSSR count). The Balaban J connectivity index is 0.00000108. The van der Waals surface area contributed by atoms with Gasteiger partial charge in [0.15, 0.2) is 13.7 Å². The third kappa shape index (κ3) is 13.8. The van der Waals surface area contributed by atoms with Crippen molar-refractivity contribution in [1.29, 1.82) is 0 Å². The Morgan fingerprint density at radius 1 is 0.415 bits per heavy atom. The molecule has 2 N–H and O–H groups in total. The first-order chi connectivity index (χ1) is 28.2. The summed E-state index contributed by atoms with van der Waals surface area (Å²) in [7, 11) is -45.3. The van der Waals surface area contributed by atoms with Gasteiger partial charge in [-0.05, 0) is 43.5 Å². The number of aromatic hydroxyl groups is 2. The van der Waals surface area contributed by atoms with Crippen LogP contribution in [0.4, 0.5) is 79.0 Å². The molecule has 0 unspecified atom stereocenters. The van der Waals surface area contributed by atoms with Crippen LogP contribution in [0.1, 0.15) is 35.6 Å². The van der Waals surface area contributed by atoms with E-state index in [4.69, 9.17) is 5.11 Å². The molecule has 65 heavy (non-hydrogen) atoms. The molecule has 2 aromatic carbocycles. The van der Waals surface area contributed by atoms with Gasteiger partial charge in [-0.15, -0.1) is 0 Å². The molecule has 0 amide bonds. The number of phenolic OH excluding ortho intramolecular Hbond substituents is 2. The first-order valence-electron chi connectivity index (χ1n) is 15.6. The molecule has 38 heteroatoms. The summed E-state index contributed by atoms with van der Waals surface area (Å²) < 4.78 is 348. The highest BCUT2D eigenvalue weighted by molar-refractivity contribution is 8.11. The normalized spacial score (nSPS) is 14.5. The molecule has 2 aromatic rings. The van der Waals surface area contributed by atoms with Gasteiger partial charge in [0.2, 0.25) is 0 Å². The Hall–Kier alpha value is -3.52. The number of rotatable bonds is 11. The van der Waals surface area contributed by atoms with E-state index in [1.807, 2.05) is 19.1 Å². The van der Waals surface area contributed by atoms with Crippen molar-refractivity contribution in [3.05, 3.63) is 58.7 Å². The average Bonchev–Trinajstić information content (AvgIpc) is 3.06. The van der Waals surface area contributed by atoms with E-state index >= 15 is 0 Å². The maximum atomic E-state index is 12.7. The minimum atomic E-state index is -7.96. The Kier molecular flexibility index (Phi) is 18.5. The lowest BCUT2D eigenvalue weighted by atomic mass is 10.0. The lowest BCUT2D eigenvalue weighted by Crippen LogP contribution is -2.52. The quantitative estimate of drug-likeness (QED) is 0.229. The summed E-state index contributed by atoms with van der Waals surface area (Å²) in [5, 5.41) is 18.7. The Bertz CT molecular complexity index is 2440.